The molecule has 458 valence electrons. The highest BCUT2D eigenvalue weighted by Gasteiger charge is 2.19. The van der Waals surface area contributed by atoms with E-state index in [0.29, 0.717) is 19.3 Å². The fourth-order valence-electron chi connectivity index (χ4n) is 10.1. The number of unbranched alkanes of at least 4 members (excludes halogenated alkanes) is 40. The Kier molecular flexibility index (Phi) is 64.7. The van der Waals surface area contributed by atoms with Crippen LogP contribution in [0.3, 0.4) is 0 Å². The number of hydrogen-bond acceptors (Lipinski definition) is 6. The van der Waals surface area contributed by atoms with Gasteiger partial charge in [0.15, 0.2) is 6.10 Å². The van der Waals surface area contributed by atoms with Gasteiger partial charge in [0.05, 0.1) is 0 Å². The summed E-state index contributed by atoms with van der Waals surface area (Å²) in [5, 5.41) is 0. The first-order valence-corrected chi connectivity index (χ1v) is 34.4. The third kappa shape index (κ3) is 65.5. The second-order valence-corrected chi connectivity index (χ2v) is 23.1. The summed E-state index contributed by atoms with van der Waals surface area (Å²) in [6.07, 6.45) is 88.1. The van der Waals surface area contributed by atoms with E-state index in [4.69, 9.17) is 14.2 Å². The van der Waals surface area contributed by atoms with Gasteiger partial charge in [-0.1, -0.05) is 331 Å². The van der Waals surface area contributed by atoms with Crippen LogP contribution < -0.4 is 0 Å². The van der Waals surface area contributed by atoms with Crippen LogP contribution >= 0.6 is 0 Å². The summed E-state index contributed by atoms with van der Waals surface area (Å²) in [6, 6.07) is 0. The maximum atomic E-state index is 12.9. The van der Waals surface area contributed by atoms with Crippen LogP contribution in [0, 0.1) is 0 Å². The van der Waals surface area contributed by atoms with Crippen LogP contribution in [-0.4, -0.2) is 37.2 Å². The van der Waals surface area contributed by atoms with Gasteiger partial charge < -0.3 is 14.2 Å². The second-order valence-electron chi connectivity index (χ2n) is 23.1. The Morgan fingerprint density at radius 3 is 0.848 bits per heavy atom. The second kappa shape index (κ2) is 67.4. The molecule has 1 unspecified atom stereocenters. The zero-order chi connectivity index (χ0) is 57.1. The minimum absolute atomic E-state index is 0.0961. The van der Waals surface area contributed by atoms with Gasteiger partial charge in [-0.3, -0.25) is 14.4 Å². The number of allylic oxidation sites excluding steroid dienone is 12. The average molecular weight is 1100 g/mol. The van der Waals surface area contributed by atoms with Crippen molar-refractivity contribution >= 4 is 17.9 Å². The van der Waals surface area contributed by atoms with Crippen molar-refractivity contribution in [3.63, 3.8) is 0 Å². The third-order valence-electron chi connectivity index (χ3n) is 15.2. The number of carbonyl (C=O) groups excluding carboxylic acids is 3. The maximum absolute atomic E-state index is 12.9. The van der Waals surface area contributed by atoms with Crippen LogP contribution in [0.1, 0.15) is 355 Å². The van der Waals surface area contributed by atoms with Crippen molar-refractivity contribution in [2.75, 3.05) is 13.2 Å². The number of ether oxygens (including phenoxy) is 3. The highest BCUT2D eigenvalue weighted by Crippen LogP contribution is 2.18. The summed E-state index contributed by atoms with van der Waals surface area (Å²) in [6.45, 7) is 6.50. The fraction of sp³-hybridized carbons (Fsp3) is 0.795. The predicted octanol–water partition coefficient (Wildman–Crippen LogP) is 23.7. The smallest absolute Gasteiger partial charge is 0.306 e. The molecule has 1 atom stereocenters. The van der Waals surface area contributed by atoms with Gasteiger partial charge in [0.2, 0.25) is 0 Å². The van der Waals surface area contributed by atoms with Crippen molar-refractivity contribution < 1.29 is 28.6 Å². The van der Waals surface area contributed by atoms with Crippen molar-refractivity contribution in [2.45, 2.75) is 361 Å². The first kappa shape index (κ1) is 75.8. The maximum Gasteiger partial charge on any atom is 0.306 e. The highest BCUT2D eigenvalue weighted by atomic mass is 16.6. The normalized spacial score (nSPS) is 12.5. The Morgan fingerprint density at radius 1 is 0.266 bits per heavy atom. The molecule has 0 fully saturated rings. The summed E-state index contributed by atoms with van der Waals surface area (Å²) in [7, 11) is 0. The first-order chi connectivity index (χ1) is 39.0. The molecule has 0 N–H and O–H groups in total. The van der Waals surface area contributed by atoms with E-state index in [1.54, 1.807) is 0 Å². The molecule has 0 aliphatic rings. The van der Waals surface area contributed by atoms with Crippen molar-refractivity contribution in [3.05, 3.63) is 72.9 Å². The van der Waals surface area contributed by atoms with Gasteiger partial charge in [-0.2, -0.15) is 0 Å². The van der Waals surface area contributed by atoms with E-state index in [-0.39, 0.29) is 37.5 Å². The number of carbonyl (C=O) groups is 3. The molecule has 0 saturated heterocycles. The van der Waals surface area contributed by atoms with Crippen molar-refractivity contribution in [1.29, 1.82) is 0 Å². The van der Waals surface area contributed by atoms with Gasteiger partial charge in [0, 0.05) is 19.3 Å². The quantitative estimate of drug-likeness (QED) is 0.0261. The Hall–Kier alpha value is -3.15. The van der Waals surface area contributed by atoms with Crippen molar-refractivity contribution in [3.8, 4) is 0 Å². The van der Waals surface area contributed by atoms with Gasteiger partial charge in [0.1, 0.15) is 13.2 Å². The van der Waals surface area contributed by atoms with Crippen LogP contribution in [0.15, 0.2) is 72.9 Å². The Bertz CT molecular complexity index is 1450. The first-order valence-electron chi connectivity index (χ1n) is 34.4. The van der Waals surface area contributed by atoms with E-state index in [0.717, 1.165) is 70.6 Å². The molecule has 79 heavy (non-hydrogen) atoms. The molecule has 6 nitrogen and oxygen atoms in total. The number of rotatable bonds is 63. The lowest BCUT2D eigenvalue weighted by Crippen LogP contribution is -2.30. The minimum atomic E-state index is -0.807. The van der Waals surface area contributed by atoms with Crippen LogP contribution in [0.4, 0.5) is 0 Å². The lowest BCUT2D eigenvalue weighted by Gasteiger charge is -2.18. The minimum Gasteiger partial charge on any atom is -0.462 e. The molecule has 0 saturated carbocycles. The van der Waals surface area contributed by atoms with Crippen molar-refractivity contribution in [2.24, 2.45) is 0 Å². The molecular weight excluding hydrogens is 973 g/mol. The van der Waals surface area contributed by atoms with E-state index < -0.39 is 6.10 Å². The zero-order valence-corrected chi connectivity index (χ0v) is 52.6. The lowest BCUT2D eigenvalue weighted by molar-refractivity contribution is -0.166. The number of hydrogen-bond donors (Lipinski definition) is 0. The molecule has 6 heteroatoms. The van der Waals surface area contributed by atoms with Gasteiger partial charge in [-0.25, -0.2) is 0 Å². The van der Waals surface area contributed by atoms with Crippen molar-refractivity contribution in [1.82, 2.24) is 0 Å². The summed E-state index contributed by atoms with van der Waals surface area (Å²) in [5.74, 6) is -0.968. The SMILES string of the molecule is CC/C=C\C/C=C\C/C=C\C/C=C\CCC(=O)OCC(COC(=O)CCCCCCCCCCCCCCCCCCCCCCCCCCCCC)OC(=O)CCCCCCCCCCC/C=C\C/C=C\CCCCCCC. The Balaban J connectivity index is 4.27. The topological polar surface area (TPSA) is 78.9 Å². The molecule has 0 radical (unpaired) electrons. The monoisotopic (exact) mass is 1100 g/mol. The van der Waals surface area contributed by atoms with E-state index in [1.165, 1.54) is 238 Å². The van der Waals surface area contributed by atoms with E-state index in [1.807, 2.05) is 6.08 Å². The van der Waals surface area contributed by atoms with Crippen LogP contribution in [0.5, 0.6) is 0 Å². The average Bonchev–Trinajstić information content (AvgIpc) is 3.45. The van der Waals surface area contributed by atoms with E-state index in [9.17, 15) is 14.4 Å². The van der Waals surface area contributed by atoms with Crippen LogP contribution in [0.25, 0.3) is 0 Å². The molecule has 0 aromatic heterocycles. The van der Waals surface area contributed by atoms with Gasteiger partial charge >= 0.3 is 17.9 Å². The molecule has 0 spiro atoms. The predicted molar refractivity (Wildman–Crippen MR) is 344 cm³/mol. The lowest BCUT2D eigenvalue weighted by atomic mass is 10.0. The molecule has 0 aromatic rings. The largest absolute Gasteiger partial charge is 0.462 e. The summed E-state index contributed by atoms with van der Waals surface area (Å²) >= 11 is 0. The standard InChI is InChI=1S/C73H130O6/c1-4-7-10-13-16-19-22-25-27-29-31-33-34-35-36-37-38-40-41-43-45-48-51-54-57-60-63-66-72(75)78-69-70(68-77-71(74)65-62-59-56-53-50-47-24-21-18-15-12-9-6-3)79-73(76)67-64-61-58-55-52-49-46-44-42-39-32-30-28-26-23-20-17-14-11-8-5-2/h9,12,18,21,23,26,30,32,47,50,56,59,70H,4-8,10-11,13-17,19-20,22,24-25,27-29,31,33-46,48-49,51-55,57-58,60-69H2,1-3H3/b12-9-,21-18-,26-23-,32-30-,50-47-,59-56-. The zero-order valence-electron chi connectivity index (χ0n) is 52.6. The third-order valence-corrected chi connectivity index (χ3v) is 15.2. The number of esters is 3. The van der Waals surface area contributed by atoms with Gasteiger partial charge in [-0.15, -0.1) is 0 Å². The molecule has 0 amide bonds. The molecule has 0 aromatic carbocycles. The van der Waals surface area contributed by atoms with Crippen LogP contribution in [0.2, 0.25) is 0 Å². The molecule has 0 heterocycles. The summed E-state index contributed by atoms with van der Waals surface area (Å²) in [5.41, 5.74) is 0. The summed E-state index contributed by atoms with van der Waals surface area (Å²) < 4.78 is 16.9. The Morgan fingerprint density at radius 2 is 0.519 bits per heavy atom. The van der Waals surface area contributed by atoms with E-state index in [2.05, 4.69) is 87.6 Å². The fourth-order valence-corrected chi connectivity index (χ4v) is 10.1. The molecule has 0 aliphatic heterocycles. The van der Waals surface area contributed by atoms with Crippen LogP contribution in [-0.2, 0) is 28.6 Å². The van der Waals surface area contributed by atoms with Gasteiger partial charge in [0.25, 0.3) is 0 Å². The summed E-state index contributed by atoms with van der Waals surface area (Å²) in [4.78, 5) is 38.3. The molecular formula is C73H130O6. The highest BCUT2D eigenvalue weighted by molar-refractivity contribution is 5.71. The van der Waals surface area contributed by atoms with E-state index >= 15 is 0 Å². The molecule has 0 aliphatic carbocycles. The molecule has 0 bridgehead atoms. The molecule has 0 rings (SSSR count). The van der Waals surface area contributed by atoms with Gasteiger partial charge in [-0.05, 0) is 77.0 Å². The Labute approximate surface area is 491 Å².